The molecule has 4 fully saturated rings. The summed E-state index contributed by atoms with van der Waals surface area (Å²) in [5, 5.41) is 54.8. The first kappa shape index (κ1) is 17.2. The standard InChI is InChI=1S/C19H32O5/c1-9-10-5-12-15(22)18(10,8-17(12,4)23)7-14(21)19(24)11(9)6-13(20)16(19,2)3/h9-15,20-24H,5-8H2,1-4H3/t9-,10-,11-,12+,13-,14+,15+,17+,18-,19-/m0/s1. The molecule has 24 heavy (non-hydrogen) atoms. The molecular weight excluding hydrogens is 308 g/mol. The van der Waals surface area contributed by atoms with Gasteiger partial charge in [0.05, 0.1) is 23.9 Å². The van der Waals surface area contributed by atoms with E-state index in [9.17, 15) is 25.5 Å². The molecule has 2 bridgehead atoms. The fourth-order valence-electron chi connectivity index (χ4n) is 7.51. The van der Waals surface area contributed by atoms with Crippen LogP contribution in [0.5, 0.6) is 0 Å². The molecule has 0 radical (unpaired) electrons. The average molecular weight is 340 g/mol. The number of aliphatic hydroxyl groups is 5. The first-order valence-electron chi connectivity index (χ1n) is 9.38. The smallest absolute Gasteiger partial charge is 0.101 e. The Morgan fingerprint density at radius 2 is 1.46 bits per heavy atom. The lowest BCUT2D eigenvalue weighted by atomic mass is 9.63. The molecule has 1 spiro atoms. The topological polar surface area (TPSA) is 101 Å². The van der Waals surface area contributed by atoms with Crippen molar-refractivity contribution in [1.82, 2.24) is 0 Å². The summed E-state index contributed by atoms with van der Waals surface area (Å²) in [6, 6.07) is 0. The Balaban J connectivity index is 1.82. The third-order valence-electron chi connectivity index (χ3n) is 8.96. The molecule has 0 amide bonds. The summed E-state index contributed by atoms with van der Waals surface area (Å²) in [7, 11) is 0. The number of hydrogen-bond donors (Lipinski definition) is 5. The monoisotopic (exact) mass is 340 g/mol. The van der Waals surface area contributed by atoms with Crippen LogP contribution in [0.1, 0.15) is 53.4 Å². The number of hydrogen-bond acceptors (Lipinski definition) is 5. The van der Waals surface area contributed by atoms with Crippen molar-refractivity contribution in [3.63, 3.8) is 0 Å². The maximum absolute atomic E-state index is 11.6. The molecule has 0 aromatic carbocycles. The van der Waals surface area contributed by atoms with Crippen LogP contribution in [0.25, 0.3) is 0 Å². The maximum atomic E-state index is 11.6. The third kappa shape index (κ3) is 1.64. The van der Waals surface area contributed by atoms with Gasteiger partial charge in [-0.2, -0.15) is 0 Å². The van der Waals surface area contributed by atoms with E-state index < -0.39 is 40.3 Å². The van der Waals surface area contributed by atoms with Crippen LogP contribution in [0, 0.1) is 34.5 Å². The van der Waals surface area contributed by atoms with Crippen LogP contribution in [0.2, 0.25) is 0 Å². The van der Waals surface area contributed by atoms with Gasteiger partial charge in [-0.05, 0) is 50.4 Å². The Labute approximate surface area is 143 Å². The van der Waals surface area contributed by atoms with Crippen LogP contribution in [0.4, 0.5) is 0 Å². The first-order valence-corrected chi connectivity index (χ1v) is 9.38. The molecule has 0 heterocycles. The van der Waals surface area contributed by atoms with Gasteiger partial charge < -0.3 is 25.5 Å². The number of rotatable bonds is 0. The van der Waals surface area contributed by atoms with Crippen LogP contribution in [0.3, 0.4) is 0 Å². The zero-order chi connectivity index (χ0) is 17.9. The molecule has 5 nitrogen and oxygen atoms in total. The van der Waals surface area contributed by atoms with Gasteiger partial charge in [0, 0.05) is 16.7 Å². The van der Waals surface area contributed by atoms with Crippen molar-refractivity contribution in [1.29, 1.82) is 0 Å². The summed E-state index contributed by atoms with van der Waals surface area (Å²) < 4.78 is 0. The Hall–Kier alpha value is -0.200. The second-order valence-electron chi connectivity index (χ2n) is 10.1. The largest absolute Gasteiger partial charge is 0.392 e. The highest BCUT2D eigenvalue weighted by atomic mass is 16.4. The van der Waals surface area contributed by atoms with Crippen molar-refractivity contribution in [3.05, 3.63) is 0 Å². The summed E-state index contributed by atoms with van der Waals surface area (Å²) >= 11 is 0. The van der Waals surface area contributed by atoms with Crippen molar-refractivity contribution in [2.24, 2.45) is 34.5 Å². The predicted molar refractivity (Wildman–Crippen MR) is 87.9 cm³/mol. The van der Waals surface area contributed by atoms with Crippen LogP contribution in [0.15, 0.2) is 0 Å². The van der Waals surface area contributed by atoms with E-state index in [4.69, 9.17) is 0 Å². The molecule has 0 unspecified atom stereocenters. The SMILES string of the molecule is C[C@H]1[C@@H]2C[C@@H]3[C@@H](O)[C@@]2(C[C@@H](O)[C@@]2(O)[C@H]1C[C@H](O)C2(C)C)C[C@@]3(C)O. The van der Waals surface area contributed by atoms with Crippen LogP contribution < -0.4 is 0 Å². The third-order valence-corrected chi connectivity index (χ3v) is 8.96. The minimum absolute atomic E-state index is 0.0827. The predicted octanol–water partition coefficient (Wildman–Crippen LogP) is 0.663. The highest BCUT2D eigenvalue weighted by Gasteiger charge is 2.74. The van der Waals surface area contributed by atoms with E-state index in [0.29, 0.717) is 19.3 Å². The van der Waals surface area contributed by atoms with Gasteiger partial charge in [-0.1, -0.05) is 20.8 Å². The highest BCUT2D eigenvalue weighted by molar-refractivity contribution is 5.24. The molecule has 4 aliphatic carbocycles. The van der Waals surface area contributed by atoms with Gasteiger partial charge in [0.2, 0.25) is 0 Å². The lowest BCUT2D eigenvalue weighted by molar-refractivity contribution is -0.178. The molecule has 5 heteroatoms. The summed E-state index contributed by atoms with van der Waals surface area (Å²) in [6.07, 6.45) is -0.320. The number of aliphatic hydroxyl groups excluding tert-OH is 3. The van der Waals surface area contributed by atoms with Gasteiger partial charge in [0.1, 0.15) is 5.60 Å². The minimum atomic E-state index is -1.37. The normalized spacial score (nSPS) is 64.6. The molecule has 4 aliphatic rings. The Kier molecular flexibility index (Phi) is 3.27. The van der Waals surface area contributed by atoms with Crippen LogP contribution in [-0.2, 0) is 0 Å². The second kappa shape index (κ2) is 4.55. The summed E-state index contributed by atoms with van der Waals surface area (Å²) in [5.41, 5.74) is -3.61. The summed E-state index contributed by atoms with van der Waals surface area (Å²) in [4.78, 5) is 0. The van der Waals surface area contributed by atoms with Gasteiger partial charge in [0.15, 0.2) is 0 Å². The highest BCUT2D eigenvalue weighted by Crippen LogP contribution is 2.70. The van der Waals surface area contributed by atoms with Crippen LogP contribution in [-0.4, -0.2) is 55.0 Å². The van der Waals surface area contributed by atoms with Crippen LogP contribution >= 0.6 is 0 Å². The fourth-order valence-corrected chi connectivity index (χ4v) is 7.51. The molecular formula is C19H32O5. The molecule has 10 atom stereocenters. The minimum Gasteiger partial charge on any atom is -0.392 e. The van der Waals surface area contributed by atoms with E-state index in [1.165, 1.54) is 0 Å². The van der Waals surface area contributed by atoms with Crippen molar-refractivity contribution >= 4 is 0 Å². The van der Waals surface area contributed by atoms with Crippen molar-refractivity contribution in [3.8, 4) is 0 Å². The van der Waals surface area contributed by atoms with E-state index in [2.05, 4.69) is 6.92 Å². The zero-order valence-corrected chi connectivity index (χ0v) is 15.1. The molecule has 5 N–H and O–H groups in total. The number of fused-ring (bicyclic) bond motifs is 2. The van der Waals surface area contributed by atoms with E-state index in [-0.39, 0.29) is 23.7 Å². The Bertz CT molecular complexity index is 560. The molecule has 0 aliphatic heterocycles. The molecule has 4 rings (SSSR count). The fraction of sp³-hybridized carbons (Fsp3) is 1.00. The Morgan fingerprint density at radius 1 is 0.833 bits per heavy atom. The van der Waals surface area contributed by atoms with Gasteiger partial charge >= 0.3 is 0 Å². The van der Waals surface area contributed by atoms with Crippen molar-refractivity contribution in [2.75, 3.05) is 0 Å². The van der Waals surface area contributed by atoms with Gasteiger partial charge in [0.25, 0.3) is 0 Å². The van der Waals surface area contributed by atoms with E-state index in [1.54, 1.807) is 6.92 Å². The van der Waals surface area contributed by atoms with Crippen molar-refractivity contribution in [2.45, 2.75) is 82.9 Å². The lowest BCUT2D eigenvalue weighted by Crippen LogP contribution is -2.57. The first-order chi connectivity index (χ1) is 10.9. The molecule has 0 aromatic heterocycles. The van der Waals surface area contributed by atoms with Gasteiger partial charge in [-0.3, -0.25) is 0 Å². The van der Waals surface area contributed by atoms with Crippen molar-refractivity contribution < 1.29 is 25.5 Å². The maximum Gasteiger partial charge on any atom is 0.101 e. The molecule has 0 aromatic rings. The Morgan fingerprint density at radius 3 is 2.04 bits per heavy atom. The molecule has 0 saturated heterocycles. The van der Waals surface area contributed by atoms with E-state index in [1.807, 2.05) is 13.8 Å². The molecule has 138 valence electrons. The quantitative estimate of drug-likeness (QED) is 0.446. The average Bonchev–Trinajstić information content (AvgIpc) is 2.89. The van der Waals surface area contributed by atoms with E-state index in [0.717, 1.165) is 6.42 Å². The summed E-state index contributed by atoms with van der Waals surface area (Å²) in [5.74, 6) is -0.118. The molecule has 4 saturated carbocycles. The van der Waals surface area contributed by atoms with Gasteiger partial charge in [-0.15, -0.1) is 0 Å². The van der Waals surface area contributed by atoms with E-state index >= 15 is 0 Å². The lowest BCUT2D eigenvalue weighted by Gasteiger charge is -2.45. The zero-order valence-electron chi connectivity index (χ0n) is 15.1. The van der Waals surface area contributed by atoms with Gasteiger partial charge in [-0.25, -0.2) is 0 Å². The second-order valence-corrected chi connectivity index (χ2v) is 10.1. The summed E-state index contributed by atoms with van der Waals surface area (Å²) in [6.45, 7) is 7.54.